The summed E-state index contributed by atoms with van der Waals surface area (Å²) in [5.41, 5.74) is 0. The van der Waals surface area contributed by atoms with Crippen molar-refractivity contribution in [3.63, 3.8) is 0 Å². The van der Waals surface area contributed by atoms with Crippen LogP contribution in [0.15, 0.2) is 23.6 Å². The summed E-state index contributed by atoms with van der Waals surface area (Å²) in [6.45, 7) is 2.22. The highest BCUT2D eigenvalue weighted by Crippen LogP contribution is 2.11. The molecule has 0 bridgehead atoms. The molecule has 0 unspecified atom stereocenters. The molecule has 0 nitrogen and oxygen atoms in total. The third-order valence-corrected chi connectivity index (χ3v) is 2.39. The molecule has 11 heavy (non-hydrogen) atoms. The van der Waals surface area contributed by atoms with Crippen molar-refractivity contribution in [1.29, 1.82) is 0 Å². The summed E-state index contributed by atoms with van der Waals surface area (Å²) in [6.07, 6.45) is 8.28. The van der Waals surface area contributed by atoms with E-state index in [1.165, 1.54) is 24.1 Å². The highest BCUT2D eigenvalue weighted by atomic mass is 32.1. The molecule has 0 N–H and O–H groups in total. The zero-order valence-corrected chi connectivity index (χ0v) is 7.73. The van der Waals surface area contributed by atoms with E-state index in [0.717, 1.165) is 0 Å². The molecule has 0 atom stereocenters. The fourth-order valence-corrected chi connectivity index (χ4v) is 1.55. The minimum atomic E-state index is 1.22. The molecule has 1 heterocycles. The summed E-state index contributed by atoms with van der Waals surface area (Å²) in [7, 11) is 0. The lowest BCUT2D eigenvalue weighted by Gasteiger charge is -1.86. The van der Waals surface area contributed by atoms with Crippen molar-refractivity contribution in [1.82, 2.24) is 0 Å². The molecule has 0 aromatic carbocycles. The summed E-state index contributed by atoms with van der Waals surface area (Å²) < 4.78 is 0. The third kappa shape index (κ3) is 3.38. The SMILES string of the molecule is CCCCC=Cc1cccs1. The second kappa shape index (κ2) is 5.14. The van der Waals surface area contributed by atoms with Crippen molar-refractivity contribution in [3.8, 4) is 0 Å². The van der Waals surface area contributed by atoms with Crippen molar-refractivity contribution < 1.29 is 0 Å². The minimum Gasteiger partial charge on any atom is -0.144 e. The Bertz CT molecular complexity index is 197. The molecule has 1 heteroatoms. The van der Waals surface area contributed by atoms with Gasteiger partial charge in [0.2, 0.25) is 0 Å². The van der Waals surface area contributed by atoms with Crippen molar-refractivity contribution in [2.24, 2.45) is 0 Å². The predicted octanol–water partition coefficient (Wildman–Crippen LogP) is 3.95. The molecule has 0 saturated carbocycles. The fourth-order valence-electron chi connectivity index (χ4n) is 0.908. The summed E-state index contributed by atoms with van der Waals surface area (Å²) >= 11 is 1.79. The largest absolute Gasteiger partial charge is 0.144 e. The maximum absolute atomic E-state index is 2.26. The first kappa shape index (κ1) is 8.54. The monoisotopic (exact) mass is 166 g/mol. The van der Waals surface area contributed by atoms with Crippen LogP contribution in [0.4, 0.5) is 0 Å². The van der Waals surface area contributed by atoms with Gasteiger partial charge in [-0.2, -0.15) is 0 Å². The Morgan fingerprint density at radius 1 is 1.55 bits per heavy atom. The van der Waals surface area contributed by atoms with Crippen molar-refractivity contribution in [2.45, 2.75) is 26.2 Å². The number of hydrogen-bond donors (Lipinski definition) is 0. The molecule has 1 rings (SSSR count). The molecule has 0 amide bonds. The van der Waals surface area contributed by atoms with Crippen LogP contribution in [0.5, 0.6) is 0 Å². The van der Waals surface area contributed by atoms with Gasteiger partial charge in [0.1, 0.15) is 0 Å². The quantitative estimate of drug-likeness (QED) is 0.594. The van der Waals surface area contributed by atoms with Gasteiger partial charge in [-0.25, -0.2) is 0 Å². The first-order valence-electron chi connectivity index (χ1n) is 4.13. The molecule has 0 aliphatic rings. The Hall–Kier alpha value is -0.560. The molecule has 0 aliphatic carbocycles. The molecular weight excluding hydrogens is 152 g/mol. The van der Waals surface area contributed by atoms with Gasteiger partial charge >= 0.3 is 0 Å². The van der Waals surface area contributed by atoms with E-state index >= 15 is 0 Å². The summed E-state index contributed by atoms with van der Waals surface area (Å²) in [5, 5.41) is 2.11. The molecular formula is C10H14S. The van der Waals surface area contributed by atoms with Crippen LogP contribution in [-0.2, 0) is 0 Å². The summed E-state index contributed by atoms with van der Waals surface area (Å²) in [5.74, 6) is 0. The molecule has 0 fully saturated rings. The topological polar surface area (TPSA) is 0 Å². The molecule has 0 saturated heterocycles. The third-order valence-electron chi connectivity index (χ3n) is 1.55. The van der Waals surface area contributed by atoms with E-state index in [0.29, 0.717) is 0 Å². The highest BCUT2D eigenvalue weighted by molar-refractivity contribution is 7.10. The standard InChI is InChI=1S/C10H14S/c1-2-3-4-5-7-10-8-6-9-11-10/h5-9H,2-4H2,1H3. The first-order chi connectivity index (χ1) is 5.43. The second-order valence-electron chi connectivity index (χ2n) is 2.56. The van der Waals surface area contributed by atoms with Crippen molar-refractivity contribution in [2.75, 3.05) is 0 Å². The van der Waals surface area contributed by atoms with Gasteiger partial charge in [-0.05, 0) is 23.9 Å². The maximum atomic E-state index is 2.26. The van der Waals surface area contributed by atoms with E-state index in [-0.39, 0.29) is 0 Å². The Kier molecular flexibility index (Phi) is 3.99. The van der Waals surface area contributed by atoms with Gasteiger partial charge < -0.3 is 0 Å². The van der Waals surface area contributed by atoms with E-state index in [1.54, 1.807) is 11.3 Å². The van der Waals surface area contributed by atoms with Gasteiger partial charge in [0.25, 0.3) is 0 Å². The molecule has 60 valence electrons. The zero-order valence-electron chi connectivity index (χ0n) is 6.92. The average molecular weight is 166 g/mol. The van der Waals surface area contributed by atoms with Crippen LogP contribution >= 0.6 is 11.3 Å². The number of thiophene rings is 1. The normalized spacial score (nSPS) is 11.0. The summed E-state index contributed by atoms with van der Waals surface area (Å²) in [6, 6.07) is 4.23. The van der Waals surface area contributed by atoms with Crippen LogP contribution in [0, 0.1) is 0 Å². The number of hydrogen-bond acceptors (Lipinski definition) is 1. The van der Waals surface area contributed by atoms with Crippen molar-refractivity contribution in [3.05, 3.63) is 28.5 Å². The lowest BCUT2D eigenvalue weighted by atomic mass is 10.2. The number of unbranched alkanes of at least 4 members (excludes halogenated alkanes) is 2. The highest BCUT2D eigenvalue weighted by Gasteiger charge is 1.83. The number of rotatable bonds is 4. The Morgan fingerprint density at radius 2 is 2.45 bits per heavy atom. The van der Waals surface area contributed by atoms with Gasteiger partial charge in [-0.15, -0.1) is 11.3 Å². The molecule has 0 spiro atoms. The van der Waals surface area contributed by atoms with Crippen LogP contribution in [0.1, 0.15) is 31.1 Å². The zero-order chi connectivity index (χ0) is 7.94. The molecule has 1 aromatic heterocycles. The smallest absolute Gasteiger partial charge is 0.0267 e. The average Bonchev–Trinajstić information content (AvgIpc) is 2.50. The van der Waals surface area contributed by atoms with Gasteiger partial charge in [-0.1, -0.05) is 31.9 Å². The molecule has 0 radical (unpaired) electrons. The van der Waals surface area contributed by atoms with Crippen LogP contribution in [0.25, 0.3) is 6.08 Å². The lowest BCUT2D eigenvalue weighted by Crippen LogP contribution is -1.65. The predicted molar refractivity (Wildman–Crippen MR) is 52.9 cm³/mol. The Morgan fingerprint density at radius 3 is 3.09 bits per heavy atom. The first-order valence-corrected chi connectivity index (χ1v) is 5.01. The number of allylic oxidation sites excluding steroid dienone is 1. The van der Waals surface area contributed by atoms with Gasteiger partial charge in [0.15, 0.2) is 0 Å². The Labute approximate surface area is 72.6 Å². The van der Waals surface area contributed by atoms with E-state index in [4.69, 9.17) is 0 Å². The van der Waals surface area contributed by atoms with Crippen LogP contribution in [0.3, 0.4) is 0 Å². The summed E-state index contributed by atoms with van der Waals surface area (Å²) in [4.78, 5) is 1.36. The van der Waals surface area contributed by atoms with Gasteiger partial charge in [0.05, 0.1) is 0 Å². The maximum Gasteiger partial charge on any atom is 0.0267 e. The van der Waals surface area contributed by atoms with E-state index in [9.17, 15) is 0 Å². The van der Waals surface area contributed by atoms with E-state index < -0.39 is 0 Å². The second-order valence-corrected chi connectivity index (χ2v) is 3.54. The van der Waals surface area contributed by atoms with E-state index in [2.05, 4.69) is 36.6 Å². The molecule has 0 aliphatic heterocycles. The lowest BCUT2D eigenvalue weighted by molar-refractivity contribution is 0.816. The Balaban J connectivity index is 2.25. The molecule has 1 aromatic rings. The van der Waals surface area contributed by atoms with Gasteiger partial charge in [-0.3, -0.25) is 0 Å². The van der Waals surface area contributed by atoms with Crippen LogP contribution in [-0.4, -0.2) is 0 Å². The van der Waals surface area contributed by atoms with E-state index in [1.807, 2.05) is 0 Å². The van der Waals surface area contributed by atoms with Crippen LogP contribution < -0.4 is 0 Å². The fraction of sp³-hybridized carbons (Fsp3) is 0.400. The van der Waals surface area contributed by atoms with Gasteiger partial charge in [0, 0.05) is 4.88 Å². The minimum absolute atomic E-state index is 1.22. The van der Waals surface area contributed by atoms with Crippen LogP contribution in [0.2, 0.25) is 0 Å². The van der Waals surface area contributed by atoms with Crippen molar-refractivity contribution >= 4 is 17.4 Å².